The third kappa shape index (κ3) is 4.54. The van der Waals surface area contributed by atoms with Crippen molar-refractivity contribution in [2.75, 3.05) is 32.1 Å². The molecule has 0 bridgehead atoms. The minimum atomic E-state index is 0.285. The average molecular weight is 375 g/mol. The number of hydrogen-bond donors (Lipinski definition) is 2. The zero-order chi connectivity index (χ0) is 18.4. The molecule has 1 fully saturated rings. The van der Waals surface area contributed by atoms with E-state index >= 15 is 0 Å². The van der Waals surface area contributed by atoms with Crippen molar-refractivity contribution in [2.45, 2.75) is 19.0 Å². The topological polar surface area (TPSA) is 74.7 Å². The molecule has 7 nitrogen and oxygen atoms in total. The number of rotatable bonds is 5. The fourth-order valence-corrected chi connectivity index (χ4v) is 3.13. The van der Waals surface area contributed by atoms with Gasteiger partial charge in [0, 0.05) is 51.2 Å². The normalized spacial score (nSPS) is 17.3. The Labute approximate surface area is 158 Å². The fourth-order valence-electron chi connectivity index (χ4n) is 2.89. The highest BCUT2D eigenvalue weighted by Crippen LogP contribution is 2.25. The molecule has 3 heterocycles. The van der Waals surface area contributed by atoms with E-state index in [0.29, 0.717) is 17.4 Å². The van der Waals surface area contributed by atoms with Gasteiger partial charge in [0.05, 0.1) is 12.1 Å². The first kappa shape index (κ1) is 18.3. The molecule has 0 radical (unpaired) electrons. The summed E-state index contributed by atoms with van der Waals surface area (Å²) < 4.78 is 5.07. The molecular formula is C18H23ClN6O. The molecule has 0 aromatic carbocycles. The molecule has 1 unspecified atom stereocenters. The van der Waals surface area contributed by atoms with Crippen LogP contribution in [0.3, 0.4) is 0 Å². The SMILES string of the molecule is CN=C(NCc1ccc(OC)nc1)NC1CCN(c2ncccc2Cl)C1. The summed E-state index contributed by atoms with van der Waals surface area (Å²) >= 11 is 6.25. The van der Waals surface area contributed by atoms with Crippen molar-refractivity contribution in [1.29, 1.82) is 0 Å². The second-order valence-electron chi connectivity index (χ2n) is 6.02. The Morgan fingerprint density at radius 3 is 2.96 bits per heavy atom. The number of hydrogen-bond acceptors (Lipinski definition) is 5. The molecule has 138 valence electrons. The van der Waals surface area contributed by atoms with E-state index in [1.165, 1.54) is 0 Å². The van der Waals surface area contributed by atoms with E-state index in [2.05, 4.69) is 30.5 Å². The number of anilines is 1. The summed E-state index contributed by atoms with van der Waals surface area (Å²) in [5, 5.41) is 7.46. The van der Waals surface area contributed by atoms with Crippen LogP contribution in [-0.2, 0) is 6.54 Å². The van der Waals surface area contributed by atoms with Crippen LogP contribution >= 0.6 is 11.6 Å². The maximum Gasteiger partial charge on any atom is 0.212 e. The average Bonchev–Trinajstić information content (AvgIpc) is 3.14. The maximum absolute atomic E-state index is 6.25. The number of aliphatic imine (C=N–C) groups is 1. The lowest BCUT2D eigenvalue weighted by molar-refractivity contribution is 0.397. The summed E-state index contributed by atoms with van der Waals surface area (Å²) in [6.45, 7) is 2.38. The predicted octanol–water partition coefficient (Wildman–Crippen LogP) is 2.08. The highest BCUT2D eigenvalue weighted by atomic mass is 35.5. The van der Waals surface area contributed by atoms with Gasteiger partial charge in [0.2, 0.25) is 5.88 Å². The monoisotopic (exact) mass is 374 g/mol. The van der Waals surface area contributed by atoms with Gasteiger partial charge in [-0.2, -0.15) is 0 Å². The number of aromatic nitrogens is 2. The Morgan fingerprint density at radius 1 is 1.38 bits per heavy atom. The van der Waals surface area contributed by atoms with Crippen LogP contribution in [0.25, 0.3) is 0 Å². The zero-order valence-electron chi connectivity index (χ0n) is 14.9. The van der Waals surface area contributed by atoms with E-state index < -0.39 is 0 Å². The maximum atomic E-state index is 6.25. The third-order valence-corrected chi connectivity index (χ3v) is 4.55. The molecular weight excluding hydrogens is 352 g/mol. The van der Waals surface area contributed by atoms with Crippen LogP contribution in [0.1, 0.15) is 12.0 Å². The van der Waals surface area contributed by atoms with E-state index in [1.54, 1.807) is 26.6 Å². The highest BCUT2D eigenvalue weighted by molar-refractivity contribution is 6.32. The van der Waals surface area contributed by atoms with E-state index in [0.717, 1.165) is 36.9 Å². The Kier molecular flexibility index (Phi) is 6.12. The molecule has 1 atom stereocenters. The second-order valence-corrected chi connectivity index (χ2v) is 6.43. The van der Waals surface area contributed by atoms with Gasteiger partial charge in [-0.05, 0) is 24.1 Å². The van der Waals surface area contributed by atoms with Crippen molar-refractivity contribution in [3.05, 3.63) is 47.2 Å². The van der Waals surface area contributed by atoms with Gasteiger partial charge in [-0.3, -0.25) is 4.99 Å². The van der Waals surface area contributed by atoms with Crippen molar-refractivity contribution >= 4 is 23.4 Å². The molecule has 1 aliphatic heterocycles. The van der Waals surface area contributed by atoms with Crippen LogP contribution in [0.15, 0.2) is 41.7 Å². The van der Waals surface area contributed by atoms with Gasteiger partial charge in [-0.25, -0.2) is 9.97 Å². The molecule has 1 aliphatic rings. The molecule has 26 heavy (non-hydrogen) atoms. The lowest BCUT2D eigenvalue weighted by atomic mass is 10.2. The molecule has 8 heteroatoms. The largest absolute Gasteiger partial charge is 0.481 e. The lowest BCUT2D eigenvalue weighted by Gasteiger charge is -2.20. The quantitative estimate of drug-likeness (QED) is 0.616. The molecule has 1 saturated heterocycles. The number of nitrogens with zero attached hydrogens (tertiary/aromatic N) is 4. The molecule has 3 rings (SSSR count). The van der Waals surface area contributed by atoms with Crippen LogP contribution in [-0.4, -0.2) is 49.2 Å². The predicted molar refractivity (Wildman–Crippen MR) is 104 cm³/mol. The van der Waals surface area contributed by atoms with Gasteiger partial charge in [0.1, 0.15) is 5.82 Å². The minimum absolute atomic E-state index is 0.285. The molecule has 0 amide bonds. The van der Waals surface area contributed by atoms with Gasteiger partial charge in [-0.15, -0.1) is 0 Å². The van der Waals surface area contributed by atoms with Crippen LogP contribution in [0.4, 0.5) is 5.82 Å². The standard InChI is InChI=1S/C18H23ClN6O/c1-20-18(23-11-13-5-6-16(26-2)22-10-13)24-14-7-9-25(12-14)17-15(19)4-3-8-21-17/h3-6,8,10,14H,7,9,11-12H2,1-2H3,(H2,20,23,24). The van der Waals surface area contributed by atoms with Crippen molar-refractivity contribution < 1.29 is 4.74 Å². The summed E-state index contributed by atoms with van der Waals surface area (Å²) in [5.41, 5.74) is 1.06. The van der Waals surface area contributed by atoms with Crippen molar-refractivity contribution in [3.63, 3.8) is 0 Å². The van der Waals surface area contributed by atoms with Gasteiger partial charge < -0.3 is 20.3 Å². The zero-order valence-corrected chi connectivity index (χ0v) is 15.7. The number of nitrogens with one attached hydrogen (secondary N) is 2. The van der Waals surface area contributed by atoms with Crippen molar-refractivity contribution in [2.24, 2.45) is 4.99 Å². The number of halogens is 1. The van der Waals surface area contributed by atoms with Crippen molar-refractivity contribution in [1.82, 2.24) is 20.6 Å². The summed E-state index contributed by atoms with van der Waals surface area (Å²) in [6, 6.07) is 7.82. The molecule has 2 aromatic heterocycles. The number of guanidine groups is 1. The van der Waals surface area contributed by atoms with Crippen molar-refractivity contribution in [3.8, 4) is 5.88 Å². The number of ether oxygens (including phenoxy) is 1. The van der Waals surface area contributed by atoms with E-state index in [-0.39, 0.29) is 6.04 Å². The first-order valence-electron chi connectivity index (χ1n) is 8.51. The Hall–Kier alpha value is -2.54. The summed E-state index contributed by atoms with van der Waals surface area (Å²) in [7, 11) is 3.37. The molecule has 0 aliphatic carbocycles. The number of pyridine rings is 2. The van der Waals surface area contributed by atoms with Gasteiger partial charge in [-0.1, -0.05) is 17.7 Å². The fraction of sp³-hybridized carbons (Fsp3) is 0.389. The lowest BCUT2D eigenvalue weighted by Crippen LogP contribution is -2.44. The Balaban J connectivity index is 1.51. The number of methoxy groups -OCH3 is 1. The third-order valence-electron chi connectivity index (χ3n) is 4.26. The van der Waals surface area contributed by atoms with Crippen LogP contribution < -0.4 is 20.3 Å². The molecule has 2 N–H and O–H groups in total. The Bertz CT molecular complexity index is 752. The first-order valence-corrected chi connectivity index (χ1v) is 8.89. The smallest absolute Gasteiger partial charge is 0.212 e. The van der Waals surface area contributed by atoms with Gasteiger partial charge in [0.25, 0.3) is 0 Å². The molecule has 0 saturated carbocycles. The Morgan fingerprint density at radius 2 is 2.27 bits per heavy atom. The van der Waals surface area contributed by atoms with E-state index in [9.17, 15) is 0 Å². The van der Waals surface area contributed by atoms with E-state index in [4.69, 9.17) is 16.3 Å². The minimum Gasteiger partial charge on any atom is -0.481 e. The van der Waals surface area contributed by atoms with E-state index in [1.807, 2.05) is 24.3 Å². The second kappa shape index (κ2) is 8.71. The van der Waals surface area contributed by atoms with Crippen LogP contribution in [0.5, 0.6) is 5.88 Å². The van der Waals surface area contributed by atoms with Crippen LogP contribution in [0.2, 0.25) is 5.02 Å². The molecule has 0 spiro atoms. The summed E-state index contributed by atoms with van der Waals surface area (Å²) in [6.07, 6.45) is 4.56. The summed E-state index contributed by atoms with van der Waals surface area (Å²) in [4.78, 5) is 15.1. The highest BCUT2D eigenvalue weighted by Gasteiger charge is 2.25. The summed E-state index contributed by atoms with van der Waals surface area (Å²) in [5.74, 6) is 2.21. The van der Waals surface area contributed by atoms with Gasteiger partial charge in [0.15, 0.2) is 5.96 Å². The van der Waals surface area contributed by atoms with Crippen LogP contribution in [0, 0.1) is 0 Å². The first-order chi connectivity index (χ1) is 12.7. The van der Waals surface area contributed by atoms with Gasteiger partial charge >= 0.3 is 0 Å². The molecule has 2 aromatic rings.